The van der Waals surface area contributed by atoms with E-state index in [1.807, 2.05) is 20.9 Å². The van der Waals surface area contributed by atoms with E-state index in [1.165, 1.54) is 24.8 Å². The van der Waals surface area contributed by atoms with Crippen LogP contribution in [-0.4, -0.2) is 55.9 Å². The minimum Gasteiger partial charge on any atom is -0.381 e. The predicted molar refractivity (Wildman–Crippen MR) is 89.7 cm³/mol. The van der Waals surface area contributed by atoms with E-state index in [0.717, 1.165) is 56.7 Å². The number of ether oxygens (including phenoxy) is 1. The summed E-state index contributed by atoms with van der Waals surface area (Å²) >= 11 is 0. The molecule has 1 spiro atoms. The molecule has 1 aromatic heterocycles. The molecule has 3 heterocycles. The Labute approximate surface area is 138 Å². The van der Waals surface area contributed by atoms with Crippen LogP contribution in [0.3, 0.4) is 0 Å². The molecule has 0 radical (unpaired) electrons. The Balaban J connectivity index is 1.53. The number of rotatable bonds is 3. The van der Waals surface area contributed by atoms with Gasteiger partial charge in [-0.1, -0.05) is 5.16 Å². The van der Waals surface area contributed by atoms with Gasteiger partial charge in [0.15, 0.2) is 5.96 Å². The van der Waals surface area contributed by atoms with Crippen molar-refractivity contribution in [3.05, 3.63) is 17.0 Å². The molecule has 2 saturated heterocycles. The number of hydrogen-bond donors (Lipinski definition) is 1. The first-order valence-corrected chi connectivity index (χ1v) is 8.59. The van der Waals surface area contributed by atoms with Crippen molar-refractivity contribution in [1.29, 1.82) is 0 Å². The monoisotopic (exact) mass is 320 g/mol. The third-order valence-electron chi connectivity index (χ3n) is 5.34. The van der Waals surface area contributed by atoms with Crippen LogP contribution in [0.25, 0.3) is 0 Å². The van der Waals surface area contributed by atoms with Crippen LogP contribution in [0.5, 0.6) is 0 Å². The molecule has 2 aliphatic rings. The van der Waals surface area contributed by atoms with Gasteiger partial charge in [0, 0.05) is 45.5 Å². The fraction of sp³-hybridized carbons (Fsp3) is 0.765. The van der Waals surface area contributed by atoms with Gasteiger partial charge in [0.1, 0.15) is 5.76 Å². The second-order valence-electron chi connectivity index (χ2n) is 6.81. The quantitative estimate of drug-likeness (QED) is 0.681. The molecule has 6 nitrogen and oxygen atoms in total. The average Bonchev–Trinajstić information content (AvgIpc) is 3.10. The number of nitrogens with one attached hydrogen (secondary N) is 1. The molecule has 6 heteroatoms. The molecule has 0 saturated carbocycles. The van der Waals surface area contributed by atoms with Crippen LogP contribution >= 0.6 is 0 Å². The zero-order chi connectivity index (χ0) is 16.3. The van der Waals surface area contributed by atoms with Crippen molar-refractivity contribution >= 4 is 5.96 Å². The van der Waals surface area contributed by atoms with Gasteiger partial charge in [0.25, 0.3) is 0 Å². The number of likely N-dealkylation sites (tertiary alicyclic amines) is 1. The standard InChI is InChI=1S/C17H28N4O2/c1-13-15(14(2)23-20-13)4-8-19-16(18-3)21-9-5-17(12-21)6-10-22-11-7-17/h4-12H2,1-3H3,(H,18,19). The molecule has 0 aromatic carbocycles. The lowest BCUT2D eigenvalue weighted by Gasteiger charge is -2.33. The Hall–Kier alpha value is -1.56. The molecule has 0 amide bonds. The predicted octanol–water partition coefficient (Wildman–Crippen LogP) is 1.91. The summed E-state index contributed by atoms with van der Waals surface area (Å²) in [5.41, 5.74) is 2.63. The van der Waals surface area contributed by atoms with E-state index in [-0.39, 0.29) is 0 Å². The lowest BCUT2D eigenvalue weighted by Crippen LogP contribution is -2.42. The van der Waals surface area contributed by atoms with Crippen molar-refractivity contribution < 1.29 is 9.26 Å². The highest BCUT2D eigenvalue weighted by Gasteiger charge is 2.40. The van der Waals surface area contributed by atoms with Gasteiger partial charge in [-0.05, 0) is 44.9 Å². The zero-order valence-electron chi connectivity index (χ0n) is 14.5. The Bertz CT molecular complexity index is 541. The Morgan fingerprint density at radius 1 is 1.30 bits per heavy atom. The Kier molecular flexibility index (Phi) is 4.90. The largest absolute Gasteiger partial charge is 0.381 e. The molecule has 2 fully saturated rings. The molecular formula is C17H28N4O2. The van der Waals surface area contributed by atoms with Crippen LogP contribution in [-0.2, 0) is 11.2 Å². The van der Waals surface area contributed by atoms with Gasteiger partial charge in [-0.3, -0.25) is 4.99 Å². The normalized spacial score (nSPS) is 21.2. The molecule has 3 rings (SSSR count). The van der Waals surface area contributed by atoms with Crippen molar-refractivity contribution in [2.75, 3.05) is 39.9 Å². The number of aromatic nitrogens is 1. The summed E-state index contributed by atoms with van der Waals surface area (Å²) in [6, 6.07) is 0. The fourth-order valence-corrected chi connectivity index (χ4v) is 3.82. The van der Waals surface area contributed by atoms with Crippen LogP contribution in [0, 0.1) is 19.3 Å². The van der Waals surface area contributed by atoms with Crippen LogP contribution in [0.4, 0.5) is 0 Å². The van der Waals surface area contributed by atoms with Crippen molar-refractivity contribution in [3.63, 3.8) is 0 Å². The fourth-order valence-electron chi connectivity index (χ4n) is 3.82. The van der Waals surface area contributed by atoms with E-state index in [9.17, 15) is 0 Å². The maximum Gasteiger partial charge on any atom is 0.193 e. The molecule has 0 unspecified atom stereocenters. The number of nitrogens with zero attached hydrogens (tertiary/aromatic N) is 3. The van der Waals surface area contributed by atoms with E-state index in [2.05, 4.69) is 20.4 Å². The summed E-state index contributed by atoms with van der Waals surface area (Å²) in [4.78, 5) is 6.87. The number of aryl methyl sites for hydroxylation is 2. The van der Waals surface area contributed by atoms with Gasteiger partial charge in [-0.2, -0.15) is 0 Å². The molecule has 1 aromatic rings. The SMILES string of the molecule is CN=C(NCCc1c(C)noc1C)N1CCC2(CCOCC2)C1. The highest BCUT2D eigenvalue weighted by Crippen LogP contribution is 2.39. The second kappa shape index (κ2) is 6.91. The van der Waals surface area contributed by atoms with Crippen molar-refractivity contribution in [3.8, 4) is 0 Å². The Morgan fingerprint density at radius 3 is 2.74 bits per heavy atom. The van der Waals surface area contributed by atoms with E-state index >= 15 is 0 Å². The average molecular weight is 320 g/mol. The first kappa shape index (κ1) is 16.3. The van der Waals surface area contributed by atoms with E-state index in [4.69, 9.17) is 9.26 Å². The lowest BCUT2D eigenvalue weighted by molar-refractivity contribution is 0.0218. The summed E-state index contributed by atoms with van der Waals surface area (Å²) < 4.78 is 10.8. The van der Waals surface area contributed by atoms with Crippen LogP contribution in [0.15, 0.2) is 9.52 Å². The van der Waals surface area contributed by atoms with Crippen LogP contribution in [0.2, 0.25) is 0 Å². The van der Waals surface area contributed by atoms with Gasteiger partial charge in [0.2, 0.25) is 0 Å². The van der Waals surface area contributed by atoms with Crippen LogP contribution < -0.4 is 5.32 Å². The van der Waals surface area contributed by atoms with Gasteiger partial charge < -0.3 is 19.5 Å². The molecular weight excluding hydrogens is 292 g/mol. The maximum atomic E-state index is 5.53. The van der Waals surface area contributed by atoms with E-state index in [0.29, 0.717) is 5.41 Å². The molecule has 0 bridgehead atoms. The first-order chi connectivity index (χ1) is 11.1. The number of guanidine groups is 1. The van der Waals surface area contributed by atoms with E-state index < -0.39 is 0 Å². The maximum absolute atomic E-state index is 5.53. The summed E-state index contributed by atoms with van der Waals surface area (Å²) in [5.74, 6) is 1.93. The van der Waals surface area contributed by atoms with Crippen LogP contribution in [0.1, 0.15) is 36.3 Å². The minimum atomic E-state index is 0.442. The summed E-state index contributed by atoms with van der Waals surface area (Å²) in [7, 11) is 1.87. The van der Waals surface area contributed by atoms with Gasteiger partial charge in [-0.15, -0.1) is 0 Å². The van der Waals surface area contributed by atoms with Crippen molar-refractivity contribution in [2.45, 2.75) is 39.5 Å². The molecule has 23 heavy (non-hydrogen) atoms. The second-order valence-corrected chi connectivity index (χ2v) is 6.81. The molecule has 128 valence electrons. The number of hydrogen-bond acceptors (Lipinski definition) is 4. The Morgan fingerprint density at radius 2 is 2.09 bits per heavy atom. The van der Waals surface area contributed by atoms with E-state index in [1.54, 1.807) is 0 Å². The third-order valence-corrected chi connectivity index (χ3v) is 5.34. The summed E-state index contributed by atoms with van der Waals surface area (Å²) in [5, 5.41) is 7.51. The molecule has 0 aliphatic carbocycles. The lowest BCUT2D eigenvalue weighted by atomic mass is 9.80. The topological polar surface area (TPSA) is 62.9 Å². The third kappa shape index (κ3) is 3.52. The summed E-state index contributed by atoms with van der Waals surface area (Å²) in [6.45, 7) is 8.82. The van der Waals surface area contributed by atoms with Gasteiger partial charge in [0.05, 0.1) is 5.69 Å². The summed E-state index contributed by atoms with van der Waals surface area (Å²) in [6.07, 6.45) is 4.52. The smallest absolute Gasteiger partial charge is 0.193 e. The van der Waals surface area contributed by atoms with Gasteiger partial charge in [-0.25, -0.2) is 0 Å². The van der Waals surface area contributed by atoms with Crippen molar-refractivity contribution in [1.82, 2.24) is 15.4 Å². The molecule has 1 N–H and O–H groups in total. The minimum absolute atomic E-state index is 0.442. The first-order valence-electron chi connectivity index (χ1n) is 8.59. The molecule has 0 atom stereocenters. The number of aliphatic imine (C=N–C) groups is 1. The zero-order valence-corrected chi connectivity index (χ0v) is 14.5. The highest BCUT2D eigenvalue weighted by molar-refractivity contribution is 5.80. The van der Waals surface area contributed by atoms with Gasteiger partial charge >= 0.3 is 0 Å². The molecule has 2 aliphatic heterocycles. The van der Waals surface area contributed by atoms with Crippen molar-refractivity contribution in [2.24, 2.45) is 10.4 Å². The highest BCUT2D eigenvalue weighted by atomic mass is 16.5.